The summed E-state index contributed by atoms with van der Waals surface area (Å²) in [5.74, 6) is -1.03. The molecule has 3 N–H and O–H groups in total. The Balaban J connectivity index is 4.34. The highest BCUT2D eigenvalue weighted by molar-refractivity contribution is 5.98. The maximum Gasteiger partial charge on any atom is 0.320 e. The van der Waals surface area contributed by atoms with Crippen molar-refractivity contribution in [1.82, 2.24) is 0 Å². The zero-order valence-corrected chi connectivity index (χ0v) is 7.60. The van der Waals surface area contributed by atoms with Gasteiger partial charge in [-0.15, -0.1) is 0 Å². The minimum atomic E-state index is -1.03. The highest BCUT2D eigenvalue weighted by Crippen LogP contribution is 1.96. The summed E-state index contributed by atoms with van der Waals surface area (Å²) in [6.07, 6.45) is 5.07. The van der Waals surface area contributed by atoms with E-state index < -0.39 is 12.0 Å². The molecule has 1 atom stereocenters. The number of nitrogens with two attached hydrogens (primary N) is 1. The lowest BCUT2D eigenvalue weighted by molar-refractivity contribution is -0.138. The number of rotatable bonds is 5. The number of carboxylic acid groups (broad SMARTS) is 1. The zero-order valence-electron chi connectivity index (χ0n) is 7.60. The molecular weight excluding hydrogens is 168 g/mol. The summed E-state index contributed by atoms with van der Waals surface area (Å²) in [4.78, 5) is 14.3. The molecule has 4 nitrogen and oxygen atoms in total. The molecule has 0 aliphatic heterocycles. The lowest BCUT2D eigenvalue weighted by Crippen LogP contribution is -2.32. The highest BCUT2D eigenvalue weighted by Gasteiger charge is 2.12. The first kappa shape index (κ1) is 11.6. The van der Waals surface area contributed by atoms with Crippen LogP contribution in [-0.4, -0.2) is 22.8 Å². The second kappa shape index (κ2) is 6.14. The predicted molar refractivity (Wildman–Crippen MR) is 52.7 cm³/mol. The Morgan fingerprint density at radius 3 is 2.77 bits per heavy atom. The summed E-state index contributed by atoms with van der Waals surface area (Å²) in [5.41, 5.74) is 5.95. The quantitative estimate of drug-likeness (QED) is 0.621. The van der Waals surface area contributed by atoms with E-state index in [0.29, 0.717) is 5.71 Å². The fourth-order valence-electron chi connectivity index (χ4n) is 0.786. The van der Waals surface area contributed by atoms with Crippen molar-refractivity contribution in [2.45, 2.75) is 19.4 Å². The number of nitrogens with zero attached hydrogens (tertiary/aromatic N) is 1. The summed E-state index contributed by atoms with van der Waals surface area (Å²) in [6.45, 7) is 5.25. The molecule has 0 bridgehead atoms. The molecule has 0 radical (unpaired) electrons. The van der Waals surface area contributed by atoms with E-state index in [4.69, 9.17) is 10.8 Å². The van der Waals surface area contributed by atoms with E-state index in [0.717, 1.165) is 0 Å². The Morgan fingerprint density at radius 2 is 2.38 bits per heavy atom. The summed E-state index contributed by atoms with van der Waals surface area (Å²) in [5, 5.41) is 8.54. The molecule has 0 aromatic heterocycles. The Labute approximate surface area is 77.5 Å². The summed E-state index contributed by atoms with van der Waals surface area (Å²) in [7, 11) is 0. The molecule has 13 heavy (non-hydrogen) atoms. The second-order valence-electron chi connectivity index (χ2n) is 2.45. The van der Waals surface area contributed by atoms with Gasteiger partial charge < -0.3 is 10.8 Å². The van der Waals surface area contributed by atoms with Crippen LogP contribution in [0.4, 0.5) is 0 Å². The van der Waals surface area contributed by atoms with Gasteiger partial charge in [-0.25, -0.2) is 0 Å². The van der Waals surface area contributed by atoms with E-state index in [9.17, 15) is 4.79 Å². The lowest BCUT2D eigenvalue weighted by atomic mass is 10.1. The monoisotopic (exact) mass is 182 g/mol. The first-order valence-electron chi connectivity index (χ1n) is 3.90. The number of aliphatic imine (C=N–C) groups is 1. The van der Waals surface area contributed by atoms with Crippen molar-refractivity contribution in [3.05, 3.63) is 24.9 Å². The van der Waals surface area contributed by atoms with Gasteiger partial charge in [0.15, 0.2) is 0 Å². The Morgan fingerprint density at radius 1 is 1.77 bits per heavy atom. The predicted octanol–water partition coefficient (Wildman–Crippen LogP) is 0.949. The van der Waals surface area contributed by atoms with E-state index in [2.05, 4.69) is 11.6 Å². The molecule has 0 amide bonds. The van der Waals surface area contributed by atoms with Gasteiger partial charge in [-0.2, -0.15) is 0 Å². The fraction of sp³-hybridized carbons (Fsp3) is 0.333. The minimum Gasteiger partial charge on any atom is -0.480 e. The molecule has 0 aliphatic carbocycles. The van der Waals surface area contributed by atoms with Gasteiger partial charge in [-0.1, -0.05) is 12.7 Å². The smallest absolute Gasteiger partial charge is 0.320 e. The third-order valence-corrected chi connectivity index (χ3v) is 1.36. The van der Waals surface area contributed by atoms with E-state index in [1.807, 2.05) is 6.92 Å². The van der Waals surface area contributed by atoms with Gasteiger partial charge >= 0.3 is 5.97 Å². The second-order valence-corrected chi connectivity index (χ2v) is 2.45. The Kier molecular flexibility index (Phi) is 5.47. The molecule has 0 aromatic rings. The average molecular weight is 182 g/mol. The molecule has 0 heterocycles. The zero-order chi connectivity index (χ0) is 10.3. The van der Waals surface area contributed by atoms with Crippen molar-refractivity contribution in [2.75, 3.05) is 0 Å². The highest BCUT2D eigenvalue weighted by atomic mass is 16.4. The summed E-state index contributed by atoms with van der Waals surface area (Å²) in [6, 6.07) is -0.908. The van der Waals surface area contributed by atoms with Gasteiger partial charge in [0.05, 0.1) is 0 Å². The topological polar surface area (TPSA) is 75.7 Å². The largest absolute Gasteiger partial charge is 0.480 e. The maximum atomic E-state index is 10.4. The van der Waals surface area contributed by atoms with Gasteiger partial charge in [0.25, 0.3) is 0 Å². The van der Waals surface area contributed by atoms with Gasteiger partial charge in [-0.05, 0) is 13.0 Å². The Hall–Kier alpha value is -1.42. The van der Waals surface area contributed by atoms with E-state index in [1.165, 1.54) is 6.20 Å². The first-order chi connectivity index (χ1) is 6.11. The summed E-state index contributed by atoms with van der Waals surface area (Å²) < 4.78 is 0. The average Bonchev–Trinajstić information content (AvgIpc) is 2.05. The van der Waals surface area contributed by atoms with Crippen LogP contribution in [0.2, 0.25) is 0 Å². The minimum absolute atomic E-state index is 0.214. The number of aliphatic carboxylic acids is 1. The van der Waals surface area contributed by atoms with E-state index in [-0.39, 0.29) is 6.42 Å². The van der Waals surface area contributed by atoms with E-state index >= 15 is 0 Å². The van der Waals surface area contributed by atoms with Crippen LogP contribution in [0.25, 0.3) is 0 Å². The van der Waals surface area contributed by atoms with Crippen molar-refractivity contribution in [3.63, 3.8) is 0 Å². The van der Waals surface area contributed by atoms with Gasteiger partial charge in [0, 0.05) is 18.3 Å². The van der Waals surface area contributed by atoms with Crippen LogP contribution in [0, 0.1) is 0 Å². The van der Waals surface area contributed by atoms with Crippen LogP contribution in [-0.2, 0) is 4.79 Å². The first-order valence-corrected chi connectivity index (χ1v) is 3.90. The molecular formula is C9H14N2O2. The molecule has 72 valence electrons. The lowest BCUT2D eigenvalue weighted by Gasteiger charge is -2.04. The number of carbonyl (C=O) groups is 1. The van der Waals surface area contributed by atoms with Crippen molar-refractivity contribution in [2.24, 2.45) is 10.7 Å². The van der Waals surface area contributed by atoms with Crippen LogP contribution in [0.5, 0.6) is 0 Å². The van der Waals surface area contributed by atoms with Crippen LogP contribution in [0.3, 0.4) is 0 Å². The van der Waals surface area contributed by atoms with Crippen LogP contribution in [0.15, 0.2) is 29.9 Å². The normalized spacial score (nSPS) is 14.5. The molecule has 0 aliphatic rings. The fourth-order valence-corrected chi connectivity index (χ4v) is 0.786. The molecule has 0 rings (SSSR count). The number of carboxylic acids is 1. The molecule has 0 spiro atoms. The van der Waals surface area contributed by atoms with Crippen molar-refractivity contribution in [1.29, 1.82) is 0 Å². The molecule has 0 saturated carbocycles. The van der Waals surface area contributed by atoms with Crippen LogP contribution in [0.1, 0.15) is 13.3 Å². The number of hydrogen-bond acceptors (Lipinski definition) is 3. The van der Waals surface area contributed by atoms with Crippen LogP contribution < -0.4 is 5.73 Å². The number of hydrogen-bond donors (Lipinski definition) is 2. The maximum absolute atomic E-state index is 10.4. The molecule has 0 saturated heterocycles. The third-order valence-electron chi connectivity index (χ3n) is 1.36. The van der Waals surface area contributed by atoms with Crippen molar-refractivity contribution < 1.29 is 9.90 Å². The molecule has 0 aromatic carbocycles. The SMILES string of the molecule is C=CN=C(/C=C\C)CC(N)C(=O)O. The molecule has 0 fully saturated rings. The van der Waals surface area contributed by atoms with Crippen LogP contribution >= 0.6 is 0 Å². The third kappa shape index (κ3) is 4.92. The molecule has 4 heteroatoms. The molecule has 1 unspecified atom stereocenters. The van der Waals surface area contributed by atoms with E-state index in [1.54, 1.807) is 12.2 Å². The van der Waals surface area contributed by atoms with Gasteiger partial charge in [0.1, 0.15) is 6.04 Å². The van der Waals surface area contributed by atoms with Gasteiger partial charge in [-0.3, -0.25) is 9.79 Å². The number of allylic oxidation sites excluding steroid dienone is 2. The van der Waals surface area contributed by atoms with Gasteiger partial charge in [0.2, 0.25) is 0 Å². The summed E-state index contributed by atoms with van der Waals surface area (Å²) >= 11 is 0. The standard InChI is InChI=1S/C9H14N2O2/c1-3-5-7(11-4-2)6-8(10)9(12)13/h3-5,8H,2,6,10H2,1H3,(H,12,13)/b5-3-,11-7?. The van der Waals surface area contributed by atoms with Crippen molar-refractivity contribution in [3.8, 4) is 0 Å². The Bertz CT molecular complexity index is 244. The van der Waals surface area contributed by atoms with Crippen molar-refractivity contribution >= 4 is 11.7 Å².